The summed E-state index contributed by atoms with van der Waals surface area (Å²) in [6.45, 7) is 16.2. The van der Waals surface area contributed by atoms with E-state index in [1.807, 2.05) is 25.7 Å². The minimum absolute atomic E-state index is 0.153. The number of piperazine rings is 1. The van der Waals surface area contributed by atoms with Gasteiger partial charge in [-0.2, -0.15) is 0 Å². The van der Waals surface area contributed by atoms with Crippen molar-refractivity contribution in [1.29, 1.82) is 0 Å². The third kappa shape index (κ3) is 5.06. The Morgan fingerprint density at radius 2 is 1.78 bits per heavy atom. The molecule has 0 aromatic heterocycles. The van der Waals surface area contributed by atoms with Crippen LogP contribution in [-0.4, -0.2) is 78.5 Å². The van der Waals surface area contributed by atoms with E-state index in [9.17, 15) is 4.79 Å². The summed E-state index contributed by atoms with van der Waals surface area (Å²) in [5.74, 6) is 0. The van der Waals surface area contributed by atoms with Crippen LogP contribution in [0.4, 0.5) is 4.79 Å². The average Bonchev–Trinajstić information content (AvgIpc) is 2.43. The van der Waals surface area contributed by atoms with Crippen LogP contribution in [0.25, 0.3) is 0 Å². The lowest BCUT2D eigenvalue weighted by Gasteiger charge is -2.44. The van der Waals surface area contributed by atoms with E-state index in [2.05, 4.69) is 31.0 Å². The van der Waals surface area contributed by atoms with Crippen LogP contribution in [0.3, 0.4) is 0 Å². The van der Waals surface area contributed by atoms with Crippen molar-refractivity contribution in [2.75, 3.05) is 32.8 Å². The number of nitrogens with one attached hydrogen (secondary N) is 1. The Morgan fingerprint density at radius 3 is 2.35 bits per heavy atom. The molecule has 2 heterocycles. The Labute approximate surface area is 140 Å². The number of hydrogen-bond acceptors (Lipinski definition) is 5. The van der Waals surface area contributed by atoms with Gasteiger partial charge in [0.1, 0.15) is 5.60 Å². The number of rotatable bonds is 2. The summed E-state index contributed by atoms with van der Waals surface area (Å²) in [6, 6.07) is 1.24. The van der Waals surface area contributed by atoms with E-state index in [0.717, 1.165) is 26.3 Å². The van der Waals surface area contributed by atoms with Crippen molar-refractivity contribution in [1.82, 2.24) is 15.1 Å². The van der Waals surface area contributed by atoms with E-state index in [1.54, 1.807) is 0 Å². The Bertz CT molecular complexity index is 400. The molecule has 6 nitrogen and oxygen atoms in total. The van der Waals surface area contributed by atoms with Gasteiger partial charge in [0.2, 0.25) is 0 Å². The maximum atomic E-state index is 12.4. The second-order valence-corrected chi connectivity index (χ2v) is 8.02. The van der Waals surface area contributed by atoms with Gasteiger partial charge in [0.25, 0.3) is 0 Å². The highest BCUT2D eigenvalue weighted by Crippen LogP contribution is 2.18. The average molecular weight is 327 g/mol. The maximum Gasteiger partial charge on any atom is 0.410 e. The molecule has 0 aliphatic carbocycles. The van der Waals surface area contributed by atoms with Gasteiger partial charge in [0.15, 0.2) is 0 Å². The molecule has 23 heavy (non-hydrogen) atoms. The van der Waals surface area contributed by atoms with Crippen LogP contribution < -0.4 is 5.32 Å². The molecule has 0 radical (unpaired) electrons. The molecule has 0 saturated carbocycles. The van der Waals surface area contributed by atoms with Gasteiger partial charge in [0, 0.05) is 43.8 Å². The Hall–Kier alpha value is -0.850. The summed E-state index contributed by atoms with van der Waals surface area (Å²) in [5.41, 5.74) is -0.454. The van der Waals surface area contributed by atoms with Gasteiger partial charge in [0.05, 0.1) is 13.2 Å². The smallest absolute Gasteiger partial charge is 0.410 e. The Balaban J connectivity index is 1.95. The number of nitrogens with zero attached hydrogens (tertiary/aromatic N) is 2. The van der Waals surface area contributed by atoms with Crippen molar-refractivity contribution < 1.29 is 14.3 Å². The largest absolute Gasteiger partial charge is 0.444 e. The van der Waals surface area contributed by atoms with Gasteiger partial charge in [-0.15, -0.1) is 0 Å². The molecule has 4 atom stereocenters. The zero-order valence-corrected chi connectivity index (χ0v) is 15.5. The molecule has 0 aromatic rings. The third-order valence-corrected chi connectivity index (χ3v) is 4.56. The van der Waals surface area contributed by atoms with Gasteiger partial charge in [-0.3, -0.25) is 4.90 Å². The number of ether oxygens (including phenoxy) is 2. The standard InChI is InChI=1S/C17H33N3O3/c1-12-7-18-15(8-19-13(2)10-22-11-14(19)3)9-20(12)16(21)23-17(4,5)6/h12-15,18H,7-11H2,1-6H3/t12-,13-,14-,15+/m1/s1. The highest BCUT2D eigenvalue weighted by molar-refractivity contribution is 5.68. The Kier molecular flexibility index (Phi) is 5.92. The summed E-state index contributed by atoms with van der Waals surface area (Å²) in [5, 5.41) is 3.57. The van der Waals surface area contributed by atoms with Gasteiger partial charge in [-0.25, -0.2) is 4.79 Å². The fraction of sp³-hybridized carbons (Fsp3) is 0.941. The van der Waals surface area contributed by atoms with Crippen molar-refractivity contribution in [3.05, 3.63) is 0 Å². The lowest BCUT2D eigenvalue weighted by molar-refractivity contribution is -0.0455. The van der Waals surface area contributed by atoms with Crippen LogP contribution in [0.2, 0.25) is 0 Å². The van der Waals surface area contributed by atoms with E-state index >= 15 is 0 Å². The molecule has 1 amide bonds. The summed E-state index contributed by atoms with van der Waals surface area (Å²) < 4.78 is 11.2. The van der Waals surface area contributed by atoms with Gasteiger partial charge >= 0.3 is 6.09 Å². The molecule has 0 bridgehead atoms. The van der Waals surface area contributed by atoms with E-state index in [0.29, 0.717) is 18.6 Å². The minimum Gasteiger partial charge on any atom is -0.444 e. The molecule has 0 unspecified atom stereocenters. The molecule has 0 aromatic carbocycles. The molecular formula is C17H33N3O3. The molecule has 0 spiro atoms. The number of carbonyl (C=O) groups is 1. The van der Waals surface area contributed by atoms with Crippen molar-refractivity contribution in [2.24, 2.45) is 0 Å². The second-order valence-electron chi connectivity index (χ2n) is 8.02. The second kappa shape index (κ2) is 7.36. The van der Waals surface area contributed by atoms with Crippen LogP contribution in [0.15, 0.2) is 0 Å². The first-order valence-electron chi connectivity index (χ1n) is 8.74. The quantitative estimate of drug-likeness (QED) is 0.836. The van der Waals surface area contributed by atoms with Gasteiger partial charge < -0.3 is 19.7 Å². The Morgan fingerprint density at radius 1 is 1.17 bits per heavy atom. The van der Waals surface area contributed by atoms with Crippen LogP contribution in [0.5, 0.6) is 0 Å². The van der Waals surface area contributed by atoms with Crippen LogP contribution in [0, 0.1) is 0 Å². The normalized spacial score (nSPS) is 33.6. The lowest BCUT2D eigenvalue weighted by atomic mass is 10.1. The summed E-state index contributed by atoms with van der Waals surface area (Å²) >= 11 is 0. The van der Waals surface area contributed by atoms with Crippen molar-refractivity contribution >= 4 is 6.09 Å². The molecular weight excluding hydrogens is 294 g/mol. The van der Waals surface area contributed by atoms with Crippen LogP contribution >= 0.6 is 0 Å². The predicted molar refractivity (Wildman–Crippen MR) is 90.6 cm³/mol. The number of morpholine rings is 1. The molecule has 6 heteroatoms. The van der Waals surface area contributed by atoms with E-state index in [1.165, 1.54) is 0 Å². The first kappa shape index (κ1) is 18.5. The first-order valence-corrected chi connectivity index (χ1v) is 8.74. The zero-order chi connectivity index (χ0) is 17.2. The molecule has 2 rings (SSSR count). The summed E-state index contributed by atoms with van der Waals surface area (Å²) in [4.78, 5) is 16.8. The number of carbonyl (C=O) groups excluding carboxylic acids is 1. The van der Waals surface area contributed by atoms with E-state index < -0.39 is 5.60 Å². The van der Waals surface area contributed by atoms with Crippen molar-refractivity contribution in [2.45, 2.75) is 71.3 Å². The summed E-state index contributed by atoms with van der Waals surface area (Å²) in [6.07, 6.45) is -0.209. The fourth-order valence-corrected chi connectivity index (χ4v) is 3.28. The van der Waals surface area contributed by atoms with Crippen molar-refractivity contribution in [3.8, 4) is 0 Å². The zero-order valence-electron chi connectivity index (χ0n) is 15.5. The van der Waals surface area contributed by atoms with Crippen molar-refractivity contribution in [3.63, 3.8) is 0 Å². The van der Waals surface area contributed by atoms with Crippen LogP contribution in [0.1, 0.15) is 41.5 Å². The predicted octanol–water partition coefficient (Wildman–Crippen LogP) is 1.69. The molecule has 134 valence electrons. The van der Waals surface area contributed by atoms with Gasteiger partial charge in [-0.1, -0.05) is 0 Å². The number of amides is 1. The fourth-order valence-electron chi connectivity index (χ4n) is 3.28. The van der Waals surface area contributed by atoms with E-state index in [-0.39, 0.29) is 18.2 Å². The molecule has 2 aliphatic heterocycles. The van der Waals surface area contributed by atoms with E-state index in [4.69, 9.17) is 9.47 Å². The highest BCUT2D eigenvalue weighted by Gasteiger charge is 2.34. The molecule has 2 fully saturated rings. The topological polar surface area (TPSA) is 54.0 Å². The lowest BCUT2D eigenvalue weighted by Crippen LogP contribution is -2.63. The van der Waals surface area contributed by atoms with Crippen LogP contribution in [-0.2, 0) is 9.47 Å². The summed E-state index contributed by atoms with van der Waals surface area (Å²) in [7, 11) is 0. The van der Waals surface area contributed by atoms with Gasteiger partial charge in [-0.05, 0) is 41.5 Å². The first-order chi connectivity index (χ1) is 10.7. The molecule has 2 aliphatic rings. The monoisotopic (exact) mass is 327 g/mol. The maximum absolute atomic E-state index is 12.4. The number of hydrogen-bond donors (Lipinski definition) is 1. The highest BCUT2D eigenvalue weighted by atomic mass is 16.6. The molecule has 2 saturated heterocycles. The third-order valence-electron chi connectivity index (χ3n) is 4.56. The minimum atomic E-state index is -0.454. The molecule has 1 N–H and O–H groups in total. The SMILES string of the molecule is C[C@@H]1CN[C@@H](CN2[C@H](C)COC[C@H]2C)CN1C(=O)OC(C)(C)C.